The molecule has 0 amide bonds. The number of hydrogen-bond acceptors (Lipinski definition) is 2. The van der Waals surface area contributed by atoms with Gasteiger partial charge in [-0.2, -0.15) is 0 Å². The third-order valence-electron chi connectivity index (χ3n) is 2.37. The van der Waals surface area contributed by atoms with Crippen molar-refractivity contribution in [3.05, 3.63) is 0 Å². The van der Waals surface area contributed by atoms with E-state index in [4.69, 9.17) is 6.03 Å². The van der Waals surface area contributed by atoms with E-state index >= 15 is 0 Å². The number of rotatable bonds is 8. The van der Waals surface area contributed by atoms with Gasteiger partial charge >= 0.3 is 88.2 Å². The van der Waals surface area contributed by atoms with Crippen LogP contribution in [-0.2, 0) is 6.03 Å². The molecule has 0 fully saturated rings. The van der Waals surface area contributed by atoms with Crippen LogP contribution in [0.3, 0.4) is 0 Å². The Balaban J connectivity index is 3.97. The summed E-state index contributed by atoms with van der Waals surface area (Å²) in [6, 6.07) is 0. The van der Waals surface area contributed by atoms with Crippen molar-refractivity contribution < 1.29 is 6.03 Å². The van der Waals surface area contributed by atoms with Crippen LogP contribution in [0, 0.1) is 0 Å². The van der Waals surface area contributed by atoms with E-state index in [1.54, 1.807) is 0 Å². The van der Waals surface area contributed by atoms with Gasteiger partial charge in [-0.1, -0.05) is 0 Å². The third kappa shape index (κ3) is 5.24. The fraction of sp³-hybridized carbons (Fsp3) is 1.00. The van der Waals surface area contributed by atoms with Gasteiger partial charge in [0, 0.05) is 0 Å². The van der Waals surface area contributed by atoms with E-state index in [0.29, 0.717) is 0 Å². The quantitative estimate of drug-likeness (QED) is 0.640. The molecule has 0 aliphatic heterocycles. The second kappa shape index (κ2) is 8.08. The van der Waals surface area contributed by atoms with E-state index in [-0.39, 0.29) is 0 Å². The van der Waals surface area contributed by atoms with Gasteiger partial charge in [-0.15, -0.1) is 0 Å². The molecule has 2 nitrogen and oxygen atoms in total. The van der Waals surface area contributed by atoms with Crippen molar-refractivity contribution in [3.8, 4) is 0 Å². The van der Waals surface area contributed by atoms with Crippen LogP contribution in [-0.4, -0.2) is 33.9 Å². The first kappa shape index (κ1) is 13.7. The fourth-order valence-electron chi connectivity index (χ4n) is 1.35. The van der Waals surface area contributed by atoms with Gasteiger partial charge in [-0.25, -0.2) is 0 Å². The number of unbranched alkanes of at least 4 members (excludes halogenated alkanes) is 2. The van der Waals surface area contributed by atoms with E-state index < -0.39 is 19.6 Å². The Labute approximate surface area is 88.1 Å². The molecule has 0 unspecified atom stereocenters. The average Bonchev–Trinajstić information content (AvgIpc) is 2.20. The van der Waals surface area contributed by atoms with E-state index in [2.05, 4.69) is 13.8 Å². The molecule has 0 aromatic carbocycles. The number of hydrogen-bond donors (Lipinski definition) is 0. The van der Waals surface area contributed by atoms with Gasteiger partial charge in [0.15, 0.2) is 0 Å². The van der Waals surface area contributed by atoms with Crippen LogP contribution in [0.15, 0.2) is 0 Å². The van der Waals surface area contributed by atoms with Gasteiger partial charge in [0.1, 0.15) is 0 Å². The summed E-state index contributed by atoms with van der Waals surface area (Å²) in [6.45, 7) is 4.44. The maximum atomic E-state index is 5.67. The van der Waals surface area contributed by atoms with Crippen LogP contribution in [0.25, 0.3) is 0 Å². The van der Waals surface area contributed by atoms with Crippen molar-refractivity contribution in [2.24, 2.45) is 0 Å². The van der Waals surface area contributed by atoms with E-state index in [1.165, 1.54) is 34.4 Å². The molecular formula is C10H24O2Sb. The maximum absolute atomic E-state index is 5.67. The molecule has 0 saturated carbocycles. The molecule has 0 heterocycles. The molecule has 0 N–H and O–H groups in total. The summed E-state index contributed by atoms with van der Waals surface area (Å²) in [5.74, 6) is 0. The summed E-state index contributed by atoms with van der Waals surface area (Å²) in [7, 11) is 3.67. The van der Waals surface area contributed by atoms with Crippen molar-refractivity contribution in [2.75, 3.05) is 14.2 Å². The molecule has 0 aromatic rings. The first-order valence-electron chi connectivity index (χ1n) is 5.23. The summed E-state index contributed by atoms with van der Waals surface area (Å²) in [5.41, 5.74) is 0. The predicted octanol–water partition coefficient (Wildman–Crippen LogP) is 3.32. The summed E-state index contributed by atoms with van der Waals surface area (Å²) in [5, 5.41) is 0. The van der Waals surface area contributed by atoms with Gasteiger partial charge in [0.2, 0.25) is 0 Å². The molecule has 0 saturated heterocycles. The zero-order chi connectivity index (χ0) is 10.2. The normalized spacial score (nSPS) is 12.0. The molecule has 0 bridgehead atoms. The Morgan fingerprint density at radius 2 is 1.23 bits per heavy atom. The first-order chi connectivity index (χ1) is 6.24. The van der Waals surface area contributed by atoms with Crippen molar-refractivity contribution in [2.45, 2.75) is 48.3 Å². The second-order valence-electron chi connectivity index (χ2n) is 3.33. The molecular weight excluding hydrogens is 274 g/mol. The molecule has 0 spiro atoms. The second-order valence-corrected chi connectivity index (χ2v) is 12.6. The molecule has 81 valence electrons. The molecule has 0 rings (SSSR count). The van der Waals surface area contributed by atoms with Crippen molar-refractivity contribution in [1.29, 1.82) is 0 Å². The van der Waals surface area contributed by atoms with E-state index in [0.717, 1.165) is 0 Å². The summed E-state index contributed by atoms with van der Waals surface area (Å²) in [6.07, 6.45) is 5.01. The van der Waals surface area contributed by atoms with Crippen LogP contribution in [0.1, 0.15) is 39.5 Å². The minimum atomic E-state index is -2.43. The summed E-state index contributed by atoms with van der Waals surface area (Å²) in [4.78, 5) is 0. The van der Waals surface area contributed by atoms with E-state index in [9.17, 15) is 0 Å². The van der Waals surface area contributed by atoms with Crippen LogP contribution in [0.5, 0.6) is 0 Å². The van der Waals surface area contributed by atoms with Gasteiger partial charge < -0.3 is 0 Å². The summed E-state index contributed by atoms with van der Waals surface area (Å²) >= 11 is -2.43. The molecule has 0 aromatic heterocycles. The first-order valence-corrected chi connectivity index (χ1v) is 10.9. The molecule has 0 aliphatic carbocycles. The Morgan fingerprint density at radius 3 is 1.46 bits per heavy atom. The minimum absolute atomic E-state index is 1.21. The standard InChI is InChI=1S/2C4H9.2CH3O.Sb/c2*1-3-4-2;2*1-2;/h2*1,3-4H2,2H3;2*1H3;/q;;2*-1;+2. The molecule has 0 aliphatic rings. The zero-order valence-electron chi connectivity index (χ0n) is 9.51. The van der Waals surface area contributed by atoms with E-state index in [1.807, 2.05) is 14.2 Å². The molecule has 1 radical (unpaired) electrons. The van der Waals surface area contributed by atoms with Crippen molar-refractivity contribution in [1.82, 2.24) is 0 Å². The average molecular weight is 298 g/mol. The van der Waals surface area contributed by atoms with Gasteiger partial charge in [-0.05, 0) is 0 Å². The Bertz CT molecular complexity index is 103. The molecule has 3 heteroatoms. The predicted molar refractivity (Wildman–Crippen MR) is 59.2 cm³/mol. The fourth-order valence-corrected chi connectivity index (χ4v) is 9.05. The van der Waals surface area contributed by atoms with Gasteiger partial charge in [-0.3, -0.25) is 0 Å². The zero-order valence-corrected chi connectivity index (χ0v) is 12.1. The SMILES string of the molecule is CCC[CH2][Sb]([CH2]CCC)([O]C)[O]C. The Kier molecular flexibility index (Phi) is 8.54. The summed E-state index contributed by atoms with van der Waals surface area (Å²) < 4.78 is 13.8. The van der Waals surface area contributed by atoms with Crippen LogP contribution >= 0.6 is 0 Å². The van der Waals surface area contributed by atoms with Crippen LogP contribution in [0.4, 0.5) is 0 Å². The Morgan fingerprint density at radius 1 is 0.846 bits per heavy atom. The van der Waals surface area contributed by atoms with Crippen LogP contribution < -0.4 is 0 Å². The molecule has 13 heavy (non-hydrogen) atoms. The van der Waals surface area contributed by atoms with Gasteiger partial charge in [0.05, 0.1) is 0 Å². The van der Waals surface area contributed by atoms with Gasteiger partial charge in [0.25, 0.3) is 0 Å². The Hall–Kier alpha value is 0.738. The van der Waals surface area contributed by atoms with Crippen molar-refractivity contribution in [3.63, 3.8) is 0 Å². The topological polar surface area (TPSA) is 18.5 Å². The third-order valence-corrected chi connectivity index (χ3v) is 11.9. The monoisotopic (exact) mass is 297 g/mol. The van der Waals surface area contributed by atoms with Crippen LogP contribution in [0.2, 0.25) is 8.73 Å². The van der Waals surface area contributed by atoms with Crippen molar-refractivity contribution >= 4 is 19.6 Å². The molecule has 0 atom stereocenters.